The van der Waals surface area contributed by atoms with Gasteiger partial charge in [-0.3, -0.25) is 14.7 Å². The van der Waals surface area contributed by atoms with E-state index in [0.29, 0.717) is 25.5 Å². The van der Waals surface area contributed by atoms with Crippen molar-refractivity contribution in [2.45, 2.75) is 17.9 Å². The predicted molar refractivity (Wildman–Crippen MR) is 96.5 cm³/mol. The van der Waals surface area contributed by atoms with Crippen LogP contribution in [-0.4, -0.2) is 54.4 Å². The molecule has 1 atom stereocenters. The molecule has 0 radical (unpaired) electrons. The summed E-state index contributed by atoms with van der Waals surface area (Å²) in [7, 11) is 0. The molecule has 1 saturated heterocycles. The lowest BCUT2D eigenvalue weighted by atomic mass is 10.1. The van der Waals surface area contributed by atoms with Crippen molar-refractivity contribution in [1.29, 1.82) is 0 Å². The Hall–Kier alpha value is -1.83. The fourth-order valence-electron chi connectivity index (χ4n) is 2.78. The summed E-state index contributed by atoms with van der Waals surface area (Å²) in [6.45, 7) is 5.56. The Balaban J connectivity index is 1.55. The number of hydrogen-bond acceptors (Lipinski definition) is 6. The number of carbonyl (C=O) groups is 1. The number of nitrogens with one attached hydrogen (secondary N) is 1. The van der Waals surface area contributed by atoms with Crippen LogP contribution in [0.25, 0.3) is 0 Å². The van der Waals surface area contributed by atoms with Crippen molar-refractivity contribution in [3.8, 4) is 0 Å². The van der Waals surface area contributed by atoms with E-state index in [0.717, 1.165) is 29.5 Å². The Morgan fingerprint density at radius 3 is 2.72 bits per heavy atom. The highest BCUT2D eigenvalue weighted by Gasteiger charge is 2.25. The summed E-state index contributed by atoms with van der Waals surface area (Å²) in [5.74, 6) is 2.18. The molecule has 1 fully saturated rings. The number of aromatic nitrogens is 1. The number of furan rings is 1. The van der Waals surface area contributed by atoms with E-state index in [2.05, 4.69) is 15.2 Å². The SMILES string of the molecule is Cc1ccc([C@@H](CNC(=O)CSc2ccncc2)N2CCOCC2)o1. The second kappa shape index (κ2) is 9.03. The second-order valence-corrected chi connectivity index (χ2v) is 6.94. The summed E-state index contributed by atoms with van der Waals surface area (Å²) in [4.78, 5) is 19.5. The van der Waals surface area contributed by atoms with Gasteiger partial charge in [0.15, 0.2) is 0 Å². The quantitative estimate of drug-likeness (QED) is 0.763. The summed E-state index contributed by atoms with van der Waals surface area (Å²) >= 11 is 1.51. The van der Waals surface area contributed by atoms with Crippen LogP contribution in [0.4, 0.5) is 0 Å². The Morgan fingerprint density at radius 1 is 1.28 bits per heavy atom. The molecule has 0 saturated carbocycles. The summed E-state index contributed by atoms with van der Waals surface area (Å²) < 4.78 is 11.3. The van der Waals surface area contributed by atoms with E-state index in [-0.39, 0.29) is 11.9 Å². The molecule has 0 aromatic carbocycles. The van der Waals surface area contributed by atoms with E-state index in [9.17, 15) is 4.79 Å². The number of hydrogen-bond donors (Lipinski definition) is 1. The second-order valence-electron chi connectivity index (χ2n) is 5.89. The Bertz CT molecular complexity index is 671. The minimum Gasteiger partial charge on any atom is -0.465 e. The van der Waals surface area contributed by atoms with Crippen molar-refractivity contribution in [2.75, 3.05) is 38.6 Å². The van der Waals surface area contributed by atoms with Crippen LogP contribution in [0.15, 0.2) is 46.0 Å². The number of rotatable bonds is 7. The number of morpholine rings is 1. The van der Waals surface area contributed by atoms with Gasteiger partial charge in [-0.15, -0.1) is 11.8 Å². The molecule has 1 aliphatic rings. The number of carbonyl (C=O) groups excluding carboxylic acids is 1. The fourth-order valence-corrected chi connectivity index (χ4v) is 3.49. The zero-order chi connectivity index (χ0) is 17.5. The Morgan fingerprint density at radius 2 is 2.04 bits per heavy atom. The van der Waals surface area contributed by atoms with Crippen LogP contribution in [0, 0.1) is 6.92 Å². The maximum Gasteiger partial charge on any atom is 0.230 e. The molecule has 0 spiro atoms. The number of thioether (sulfide) groups is 1. The highest BCUT2D eigenvalue weighted by Crippen LogP contribution is 2.23. The molecule has 7 heteroatoms. The van der Waals surface area contributed by atoms with Crippen LogP contribution in [0.3, 0.4) is 0 Å². The van der Waals surface area contributed by atoms with Gasteiger partial charge in [-0.2, -0.15) is 0 Å². The monoisotopic (exact) mass is 361 g/mol. The van der Waals surface area contributed by atoms with E-state index in [1.54, 1.807) is 12.4 Å². The number of ether oxygens (including phenoxy) is 1. The Kier molecular flexibility index (Phi) is 6.49. The van der Waals surface area contributed by atoms with Crippen molar-refractivity contribution in [2.24, 2.45) is 0 Å². The molecule has 3 rings (SSSR count). The summed E-state index contributed by atoms with van der Waals surface area (Å²) in [6, 6.07) is 7.80. The molecule has 1 amide bonds. The minimum atomic E-state index is 0.0170. The van der Waals surface area contributed by atoms with Gasteiger partial charge in [-0.25, -0.2) is 0 Å². The molecule has 2 aromatic heterocycles. The molecule has 25 heavy (non-hydrogen) atoms. The van der Waals surface area contributed by atoms with Gasteiger partial charge in [0.25, 0.3) is 0 Å². The van der Waals surface area contributed by atoms with Crippen LogP contribution >= 0.6 is 11.8 Å². The maximum atomic E-state index is 12.2. The van der Waals surface area contributed by atoms with Gasteiger partial charge in [0.2, 0.25) is 5.91 Å². The average Bonchev–Trinajstić information content (AvgIpc) is 3.08. The largest absolute Gasteiger partial charge is 0.465 e. The molecule has 1 aliphatic heterocycles. The van der Waals surface area contributed by atoms with E-state index in [1.807, 2.05) is 31.2 Å². The fraction of sp³-hybridized carbons (Fsp3) is 0.444. The molecular weight excluding hydrogens is 338 g/mol. The van der Waals surface area contributed by atoms with Gasteiger partial charge >= 0.3 is 0 Å². The smallest absolute Gasteiger partial charge is 0.230 e. The van der Waals surface area contributed by atoms with Crippen molar-refractivity contribution in [3.63, 3.8) is 0 Å². The van der Waals surface area contributed by atoms with Crippen LogP contribution in [0.5, 0.6) is 0 Å². The van der Waals surface area contributed by atoms with E-state index in [4.69, 9.17) is 9.15 Å². The number of nitrogens with zero attached hydrogens (tertiary/aromatic N) is 2. The van der Waals surface area contributed by atoms with Gasteiger partial charge in [0, 0.05) is 36.9 Å². The number of pyridine rings is 1. The van der Waals surface area contributed by atoms with Crippen LogP contribution < -0.4 is 5.32 Å². The van der Waals surface area contributed by atoms with E-state index < -0.39 is 0 Å². The first kappa shape index (κ1) is 18.0. The third-order valence-corrected chi connectivity index (χ3v) is 5.10. The summed E-state index contributed by atoms with van der Waals surface area (Å²) in [5, 5.41) is 3.04. The van der Waals surface area contributed by atoms with E-state index >= 15 is 0 Å². The first-order valence-corrected chi connectivity index (χ1v) is 9.38. The van der Waals surface area contributed by atoms with Crippen LogP contribution in [0.2, 0.25) is 0 Å². The zero-order valence-corrected chi connectivity index (χ0v) is 15.1. The van der Waals surface area contributed by atoms with Crippen molar-refractivity contribution in [1.82, 2.24) is 15.2 Å². The molecule has 1 N–H and O–H groups in total. The lowest BCUT2D eigenvalue weighted by molar-refractivity contribution is -0.118. The van der Waals surface area contributed by atoms with Gasteiger partial charge in [-0.1, -0.05) is 0 Å². The van der Waals surface area contributed by atoms with Crippen LogP contribution in [0.1, 0.15) is 17.6 Å². The average molecular weight is 361 g/mol. The highest BCUT2D eigenvalue weighted by molar-refractivity contribution is 8.00. The molecule has 3 heterocycles. The van der Waals surface area contributed by atoms with Gasteiger partial charge < -0.3 is 14.5 Å². The normalized spacial score (nSPS) is 16.5. The predicted octanol–water partition coefficient (Wildman–Crippen LogP) is 2.26. The molecule has 6 nitrogen and oxygen atoms in total. The standard InChI is InChI=1S/C18H23N3O3S/c1-14-2-3-17(24-14)16(21-8-10-23-11-9-21)12-20-18(22)13-25-15-4-6-19-7-5-15/h2-7,16H,8-13H2,1H3,(H,20,22)/t16-/m1/s1. The highest BCUT2D eigenvalue weighted by atomic mass is 32.2. The molecule has 2 aromatic rings. The maximum absolute atomic E-state index is 12.2. The third-order valence-electron chi connectivity index (χ3n) is 4.09. The van der Waals surface area contributed by atoms with Crippen molar-refractivity contribution < 1.29 is 13.9 Å². The molecule has 0 aliphatic carbocycles. The van der Waals surface area contributed by atoms with Crippen LogP contribution in [-0.2, 0) is 9.53 Å². The van der Waals surface area contributed by atoms with Gasteiger partial charge in [0.1, 0.15) is 11.5 Å². The first-order valence-electron chi connectivity index (χ1n) is 8.40. The summed E-state index contributed by atoms with van der Waals surface area (Å²) in [6.07, 6.45) is 3.46. The topological polar surface area (TPSA) is 67.6 Å². The van der Waals surface area contributed by atoms with Gasteiger partial charge in [-0.05, 0) is 31.2 Å². The molecule has 0 bridgehead atoms. The van der Waals surface area contributed by atoms with Crippen molar-refractivity contribution >= 4 is 17.7 Å². The van der Waals surface area contributed by atoms with Gasteiger partial charge in [0.05, 0.1) is 25.0 Å². The van der Waals surface area contributed by atoms with Crippen molar-refractivity contribution in [3.05, 3.63) is 48.2 Å². The summed E-state index contributed by atoms with van der Waals surface area (Å²) in [5.41, 5.74) is 0. The molecule has 134 valence electrons. The number of aryl methyl sites for hydroxylation is 1. The zero-order valence-electron chi connectivity index (χ0n) is 14.3. The first-order chi connectivity index (χ1) is 12.2. The lowest BCUT2D eigenvalue weighted by Gasteiger charge is -2.33. The minimum absolute atomic E-state index is 0.0170. The molecule has 0 unspecified atom stereocenters. The lowest BCUT2D eigenvalue weighted by Crippen LogP contribution is -2.44. The van der Waals surface area contributed by atoms with E-state index in [1.165, 1.54) is 11.8 Å². The third kappa shape index (κ3) is 5.32. The number of amides is 1. The molecular formula is C18H23N3O3S. The Labute approximate surface area is 151 Å².